The monoisotopic (exact) mass is 297 g/mol. The predicted molar refractivity (Wildman–Crippen MR) is 86.1 cm³/mol. The molecule has 3 aromatic rings. The van der Waals surface area contributed by atoms with Gasteiger partial charge in [-0.25, -0.2) is 14.6 Å². The number of fused-ring (bicyclic) bond motifs is 1. The number of nitrogen functional groups attached to an aromatic ring is 1. The fourth-order valence-corrected chi connectivity index (χ4v) is 2.41. The third-order valence-electron chi connectivity index (χ3n) is 3.54. The molecule has 0 aliphatic rings. The molecule has 114 valence electrons. The van der Waals surface area contributed by atoms with Crippen molar-refractivity contribution in [1.82, 2.24) is 19.7 Å². The first-order valence-electron chi connectivity index (χ1n) is 7.11. The zero-order chi connectivity index (χ0) is 15.9. The maximum absolute atomic E-state index is 9.17. The molecule has 0 radical (unpaired) electrons. The van der Waals surface area contributed by atoms with Gasteiger partial charge in [0.1, 0.15) is 17.8 Å². The molecule has 0 saturated carbocycles. The van der Waals surface area contributed by atoms with Gasteiger partial charge in [0, 0.05) is 5.56 Å². The topological polar surface area (TPSA) is 89.8 Å². The number of benzene rings is 1. The van der Waals surface area contributed by atoms with Crippen LogP contribution in [0.4, 0.5) is 5.82 Å². The van der Waals surface area contributed by atoms with E-state index in [1.807, 2.05) is 28.9 Å². The van der Waals surface area contributed by atoms with Gasteiger partial charge < -0.3 is 10.8 Å². The lowest BCUT2D eigenvalue weighted by Crippen LogP contribution is -2.23. The maximum Gasteiger partial charge on any atom is 0.164 e. The van der Waals surface area contributed by atoms with E-state index in [0.29, 0.717) is 5.82 Å². The highest BCUT2D eigenvalue weighted by molar-refractivity contribution is 5.98. The van der Waals surface area contributed by atoms with Crippen LogP contribution in [-0.2, 0) is 12.1 Å². The van der Waals surface area contributed by atoms with Crippen LogP contribution in [0.15, 0.2) is 30.6 Å². The molecule has 3 rings (SSSR count). The van der Waals surface area contributed by atoms with E-state index in [9.17, 15) is 0 Å². The van der Waals surface area contributed by atoms with Crippen molar-refractivity contribution in [3.63, 3.8) is 0 Å². The average Bonchev–Trinajstić information content (AvgIpc) is 2.88. The Bertz CT molecular complexity index is 815. The van der Waals surface area contributed by atoms with Crippen LogP contribution in [0.25, 0.3) is 22.3 Å². The largest absolute Gasteiger partial charge is 0.392 e. The van der Waals surface area contributed by atoms with E-state index in [1.165, 1.54) is 6.33 Å². The lowest BCUT2D eigenvalue weighted by molar-refractivity contribution is 0.282. The van der Waals surface area contributed by atoms with Gasteiger partial charge in [0.15, 0.2) is 5.65 Å². The van der Waals surface area contributed by atoms with E-state index in [-0.39, 0.29) is 12.1 Å². The first kappa shape index (κ1) is 14.5. The average molecular weight is 297 g/mol. The summed E-state index contributed by atoms with van der Waals surface area (Å²) in [7, 11) is 0. The summed E-state index contributed by atoms with van der Waals surface area (Å²) in [5.41, 5.74) is 9.10. The van der Waals surface area contributed by atoms with Crippen LogP contribution < -0.4 is 5.73 Å². The molecular formula is C16H19N5O. The molecule has 0 saturated heterocycles. The molecule has 0 amide bonds. The summed E-state index contributed by atoms with van der Waals surface area (Å²) >= 11 is 0. The Morgan fingerprint density at radius 1 is 1.14 bits per heavy atom. The Hall–Kier alpha value is -2.47. The summed E-state index contributed by atoms with van der Waals surface area (Å²) < 4.78 is 1.87. The zero-order valence-corrected chi connectivity index (χ0v) is 12.9. The molecule has 0 atom stereocenters. The Morgan fingerprint density at radius 2 is 1.82 bits per heavy atom. The second kappa shape index (κ2) is 5.06. The second-order valence-corrected chi connectivity index (χ2v) is 6.24. The minimum absolute atomic E-state index is 0.0166. The first-order valence-corrected chi connectivity index (χ1v) is 7.11. The van der Waals surface area contributed by atoms with E-state index in [1.54, 1.807) is 0 Å². The highest BCUT2D eigenvalue weighted by Gasteiger charge is 2.23. The van der Waals surface area contributed by atoms with Crippen molar-refractivity contribution in [3.8, 4) is 11.3 Å². The summed E-state index contributed by atoms with van der Waals surface area (Å²) in [5.74, 6) is 0.418. The summed E-state index contributed by atoms with van der Waals surface area (Å²) in [6, 6.07) is 7.59. The molecule has 2 heterocycles. The number of nitrogens with zero attached hydrogens (tertiary/aromatic N) is 4. The minimum Gasteiger partial charge on any atom is -0.392 e. The highest BCUT2D eigenvalue weighted by Crippen LogP contribution is 2.32. The lowest BCUT2D eigenvalue weighted by atomic mass is 10.1. The van der Waals surface area contributed by atoms with Gasteiger partial charge in [-0.15, -0.1) is 0 Å². The fourth-order valence-electron chi connectivity index (χ4n) is 2.41. The van der Waals surface area contributed by atoms with E-state index < -0.39 is 0 Å². The molecule has 3 N–H and O–H groups in total. The third-order valence-corrected chi connectivity index (χ3v) is 3.54. The van der Waals surface area contributed by atoms with Crippen molar-refractivity contribution in [3.05, 3.63) is 36.2 Å². The third kappa shape index (κ3) is 2.31. The molecule has 22 heavy (non-hydrogen) atoms. The van der Waals surface area contributed by atoms with Crippen molar-refractivity contribution in [2.24, 2.45) is 0 Å². The highest BCUT2D eigenvalue weighted by atomic mass is 16.3. The van der Waals surface area contributed by atoms with Gasteiger partial charge in [0.05, 0.1) is 17.5 Å². The van der Waals surface area contributed by atoms with Gasteiger partial charge in [-0.3, -0.25) is 0 Å². The van der Waals surface area contributed by atoms with Crippen molar-refractivity contribution >= 4 is 16.9 Å². The van der Waals surface area contributed by atoms with Crippen molar-refractivity contribution < 1.29 is 5.11 Å². The standard InChI is InChI=1S/C16H19N5O/c1-16(2,3)21-15-12(14(17)18-9-19-15)13(20-21)11-6-4-10(8-22)5-7-11/h4-7,9,22H,8H2,1-3H3,(H2,17,18,19). The van der Waals surface area contributed by atoms with Crippen molar-refractivity contribution in [2.75, 3.05) is 5.73 Å². The number of aliphatic hydroxyl groups is 1. The summed E-state index contributed by atoms with van der Waals surface area (Å²) in [5, 5.41) is 14.6. The lowest BCUT2D eigenvalue weighted by Gasteiger charge is -2.19. The number of hydrogen-bond acceptors (Lipinski definition) is 5. The van der Waals surface area contributed by atoms with Crippen LogP contribution in [-0.4, -0.2) is 24.9 Å². The molecule has 0 bridgehead atoms. The zero-order valence-electron chi connectivity index (χ0n) is 12.9. The molecule has 0 aliphatic heterocycles. The molecule has 0 aliphatic carbocycles. The Kier molecular flexibility index (Phi) is 3.33. The van der Waals surface area contributed by atoms with E-state index >= 15 is 0 Å². The smallest absolute Gasteiger partial charge is 0.164 e. The molecule has 2 aromatic heterocycles. The quantitative estimate of drug-likeness (QED) is 0.757. The van der Waals surface area contributed by atoms with Crippen LogP contribution in [0, 0.1) is 0 Å². The van der Waals surface area contributed by atoms with Crippen LogP contribution in [0.5, 0.6) is 0 Å². The summed E-state index contributed by atoms with van der Waals surface area (Å²) in [6.07, 6.45) is 1.46. The van der Waals surface area contributed by atoms with E-state index in [4.69, 9.17) is 15.9 Å². The van der Waals surface area contributed by atoms with Crippen LogP contribution in [0.1, 0.15) is 26.3 Å². The SMILES string of the molecule is CC(C)(C)n1nc(-c2ccc(CO)cc2)c2c(N)ncnc21. The van der Waals surface area contributed by atoms with E-state index in [2.05, 4.69) is 30.7 Å². The fraction of sp³-hybridized carbons (Fsp3) is 0.312. The molecule has 6 heteroatoms. The van der Waals surface area contributed by atoms with Crippen LogP contribution in [0.3, 0.4) is 0 Å². The summed E-state index contributed by atoms with van der Waals surface area (Å²) in [6.45, 7) is 6.21. The number of anilines is 1. The molecule has 1 aromatic carbocycles. The van der Waals surface area contributed by atoms with Gasteiger partial charge in [-0.2, -0.15) is 5.10 Å². The second-order valence-electron chi connectivity index (χ2n) is 6.24. The Labute approximate surface area is 128 Å². The number of nitrogens with two attached hydrogens (primary N) is 1. The van der Waals surface area contributed by atoms with Crippen LogP contribution >= 0.6 is 0 Å². The number of aromatic nitrogens is 4. The molecule has 0 fully saturated rings. The van der Waals surface area contributed by atoms with Gasteiger partial charge in [-0.1, -0.05) is 24.3 Å². The summed E-state index contributed by atoms with van der Waals surface area (Å²) in [4.78, 5) is 8.45. The van der Waals surface area contributed by atoms with Gasteiger partial charge in [0.2, 0.25) is 0 Å². The number of aliphatic hydroxyl groups excluding tert-OH is 1. The Morgan fingerprint density at radius 3 is 2.41 bits per heavy atom. The Balaban J connectivity index is 2.29. The van der Waals surface area contributed by atoms with Crippen molar-refractivity contribution in [2.45, 2.75) is 32.9 Å². The molecule has 0 unspecified atom stereocenters. The molecule has 6 nitrogen and oxygen atoms in total. The van der Waals surface area contributed by atoms with Gasteiger partial charge in [-0.05, 0) is 26.3 Å². The van der Waals surface area contributed by atoms with Crippen LogP contribution in [0.2, 0.25) is 0 Å². The number of hydrogen-bond donors (Lipinski definition) is 2. The van der Waals surface area contributed by atoms with E-state index in [0.717, 1.165) is 27.9 Å². The number of rotatable bonds is 2. The minimum atomic E-state index is -0.220. The first-order chi connectivity index (χ1) is 10.4. The van der Waals surface area contributed by atoms with Gasteiger partial charge in [0.25, 0.3) is 0 Å². The molecular weight excluding hydrogens is 278 g/mol. The van der Waals surface area contributed by atoms with Gasteiger partial charge >= 0.3 is 0 Å². The predicted octanol–water partition coefficient (Wildman–Crippen LogP) is 2.32. The molecule has 0 spiro atoms. The van der Waals surface area contributed by atoms with Crippen molar-refractivity contribution in [1.29, 1.82) is 0 Å². The maximum atomic E-state index is 9.17. The normalized spacial score (nSPS) is 12.0.